The standard InChI is InChI=1S/C15H23NO/c1-6-14(17)15(16(5)11(2)3)13-10-8-7-9-12(13)4/h7-11,15H,6H2,1-5H3. The van der Waals surface area contributed by atoms with Crippen LogP contribution in [0.25, 0.3) is 0 Å². The van der Waals surface area contributed by atoms with Crippen molar-refractivity contribution in [2.24, 2.45) is 0 Å². The Kier molecular flexibility index (Phi) is 4.88. The molecule has 0 spiro atoms. The molecule has 1 aromatic rings. The van der Waals surface area contributed by atoms with Gasteiger partial charge in [-0.15, -0.1) is 0 Å². The van der Waals surface area contributed by atoms with E-state index in [-0.39, 0.29) is 11.8 Å². The fourth-order valence-corrected chi connectivity index (χ4v) is 2.01. The zero-order valence-corrected chi connectivity index (χ0v) is 11.5. The van der Waals surface area contributed by atoms with Crippen molar-refractivity contribution in [1.82, 2.24) is 4.90 Å². The first-order valence-corrected chi connectivity index (χ1v) is 6.29. The number of Topliss-reactive ketones (excluding diaryl/α,β-unsaturated/α-hetero) is 1. The van der Waals surface area contributed by atoms with Crippen LogP contribution >= 0.6 is 0 Å². The Hall–Kier alpha value is -1.15. The highest BCUT2D eigenvalue weighted by molar-refractivity contribution is 5.85. The number of likely N-dealkylation sites (N-methyl/N-ethyl adjacent to an activating group) is 1. The number of ketones is 1. The molecule has 1 rings (SSSR count). The predicted molar refractivity (Wildman–Crippen MR) is 72.1 cm³/mol. The van der Waals surface area contributed by atoms with Crippen molar-refractivity contribution in [2.45, 2.75) is 46.2 Å². The lowest BCUT2D eigenvalue weighted by Crippen LogP contribution is -2.36. The first kappa shape index (κ1) is 13.9. The van der Waals surface area contributed by atoms with Gasteiger partial charge in [0.2, 0.25) is 0 Å². The molecule has 0 aliphatic heterocycles. The molecule has 0 radical (unpaired) electrons. The fraction of sp³-hybridized carbons (Fsp3) is 0.533. The van der Waals surface area contributed by atoms with Crippen molar-refractivity contribution in [2.75, 3.05) is 7.05 Å². The molecule has 0 fully saturated rings. The van der Waals surface area contributed by atoms with E-state index >= 15 is 0 Å². The van der Waals surface area contributed by atoms with Gasteiger partial charge in [0.15, 0.2) is 5.78 Å². The molecule has 0 N–H and O–H groups in total. The third-order valence-electron chi connectivity index (χ3n) is 3.36. The van der Waals surface area contributed by atoms with Crippen molar-refractivity contribution < 1.29 is 4.79 Å². The predicted octanol–water partition coefficient (Wildman–Crippen LogP) is 3.36. The number of benzene rings is 1. The smallest absolute Gasteiger partial charge is 0.154 e. The Bertz CT molecular complexity index is 384. The molecular weight excluding hydrogens is 210 g/mol. The van der Waals surface area contributed by atoms with Crippen LogP contribution in [-0.2, 0) is 4.79 Å². The number of aryl methyl sites for hydroxylation is 1. The van der Waals surface area contributed by atoms with Crippen LogP contribution in [0.2, 0.25) is 0 Å². The Morgan fingerprint density at radius 3 is 2.35 bits per heavy atom. The van der Waals surface area contributed by atoms with Gasteiger partial charge in [-0.25, -0.2) is 0 Å². The lowest BCUT2D eigenvalue weighted by Gasteiger charge is -2.31. The summed E-state index contributed by atoms with van der Waals surface area (Å²) in [4.78, 5) is 14.3. The number of hydrogen-bond acceptors (Lipinski definition) is 2. The molecule has 2 heteroatoms. The van der Waals surface area contributed by atoms with Crippen LogP contribution in [-0.4, -0.2) is 23.8 Å². The van der Waals surface area contributed by atoms with E-state index in [9.17, 15) is 4.79 Å². The Balaban J connectivity index is 3.15. The van der Waals surface area contributed by atoms with E-state index in [1.165, 1.54) is 5.56 Å². The van der Waals surface area contributed by atoms with Crippen LogP contribution in [0.4, 0.5) is 0 Å². The van der Waals surface area contributed by atoms with Crippen LogP contribution < -0.4 is 0 Å². The lowest BCUT2D eigenvalue weighted by atomic mass is 9.95. The number of carbonyl (C=O) groups excluding carboxylic acids is 1. The molecule has 0 aliphatic carbocycles. The van der Waals surface area contributed by atoms with Gasteiger partial charge in [-0.3, -0.25) is 9.69 Å². The maximum absolute atomic E-state index is 12.2. The SMILES string of the molecule is CCC(=O)C(c1ccccc1C)N(C)C(C)C. The minimum atomic E-state index is -0.110. The van der Waals surface area contributed by atoms with Crippen molar-refractivity contribution >= 4 is 5.78 Å². The maximum Gasteiger partial charge on any atom is 0.154 e. The third-order valence-corrected chi connectivity index (χ3v) is 3.36. The highest BCUT2D eigenvalue weighted by Crippen LogP contribution is 2.26. The second-order valence-electron chi connectivity index (χ2n) is 4.84. The van der Waals surface area contributed by atoms with E-state index < -0.39 is 0 Å². The van der Waals surface area contributed by atoms with Gasteiger partial charge >= 0.3 is 0 Å². The molecule has 1 aromatic carbocycles. The van der Waals surface area contributed by atoms with Gasteiger partial charge in [0.25, 0.3) is 0 Å². The summed E-state index contributed by atoms with van der Waals surface area (Å²) in [7, 11) is 2.02. The van der Waals surface area contributed by atoms with E-state index in [0.717, 1.165) is 5.56 Å². The first-order valence-electron chi connectivity index (χ1n) is 6.29. The van der Waals surface area contributed by atoms with Gasteiger partial charge in [-0.2, -0.15) is 0 Å². The number of hydrogen-bond donors (Lipinski definition) is 0. The highest BCUT2D eigenvalue weighted by Gasteiger charge is 2.26. The van der Waals surface area contributed by atoms with E-state index in [4.69, 9.17) is 0 Å². The van der Waals surface area contributed by atoms with Crippen molar-refractivity contribution in [1.29, 1.82) is 0 Å². The maximum atomic E-state index is 12.2. The average Bonchev–Trinajstić information content (AvgIpc) is 2.31. The topological polar surface area (TPSA) is 20.3 Å². The molecule has 1 unspecified atom stereocenters. The van der Waals surface area contributed by atoms with Crippen LogP contribution in [0.3, 0.4) is 0 Å². The summed E-state index contributed by atoms with van der Waals surface area (Å²) in [6.07, 6.45) is 0.579. The van der Waals surface area contributed by atoms with Gasteiger partial charge in [-0.05, 0) is 38.9 Å². The zero-order valence-electron chi connectivity index (χ0n) is 11.5. The third kappa shape index (κ3) is 3.16. The van der Waals surface area contributed by atoms with E-state index in [1.807, 2.05) is 26.1 Å². The highest BCUT2D eigenvalue weighted by atomic mass is 16.1. The molecule has 0 amide bonds. The van der Waals surface area contributed by atoms with E-state index in [1.54, 1.807) is 0 Å². The molecule has 0 aromatic heterocycles. The average molecular weight is 233 g/mol. The molecular formula is C15H23NO. The summed E-state index contributed by atoms with van der Waals surface area (Å²) >= 11 is 0. The van der Waals surface area contributed by atoms with Crippen LogP contribution in [0, 0.1) is 6.92 Å². The summed E-state index contributed by atoms with van der Waals surface area (Å²) in [5, 5.41) is 0. The largest absolute Gasteiger partial charge is 0.298 e. The Morgan fingerprint density at radius 2 is 1.88 bits per heavy atom. The molecule has 0 heterocycles. The number of nitrogens with zero attached hydrogens (tertiary/aromatic N) is 1. The molecule has 17 heavy (non-hydrogen) atoms. The van der Waals surface area contributed by atoms with Crippen LogP contribution in [0.1, 0.15) is 44.4 Å². The van der Waals surface area contributed by atoms with Gasteiger partial charge in [0.1, 0.15) is 0 Å². The lowest BCUT2D eigenvalue weighted by molar-refractivity contribution is -0.124. The Labute approximate surface area is 105 Å². The minimum Gasteiger partial charge on any atom is -0.298 e. The zero-order chi connectivity index (χ0) is 13.0. The normalized spacial score (nSPS) is 13.1. The van der Waals surface area contributed by atoms with Gasteiger partial charge < -0.3 is 0 Å². The minimum absolute atomic E-state index is 0.110. The van der Waals surface area contributed by atoms with E-state index in [2.05, 4.69) is 37.8 Å². The summed E-state index contributed by atoms with van der Waals surface area (Å²) in [6.45, 7) is 8.24. The van der Waals surface area contributed by atoms with Crippen molar-refractivity contribution in [3.8, 4) is 0 Å². The second kappa shape index (κ2) is 5.97. The van der Waals surface area contributed by atoms with Crippen molar-refractivity contribution in [3.63, 3.8) is 0 Å². The summed E-state index contributed by atoms with van der Waals surface area (Å²) in [5.41, 5.74) is 2.32. The van der Waals surface area contributed by atoms with Gasteiger partial charge in [0, 0.05) is 12.5 Å². The first-order chi connectivity index (χ1) is 7.99. The molecule has 2 nitrogen and oxygen atoms in total. The second-order valence-corrected chi connectivity index (χ2v) is 4.84. The summed E-state index contributed by atoms with van der Waals surface area (Å²) in [5.74, 6) is 0.287. The number of carbonyl (C=O) groups is 1. The van der Waals surface area contributed by atoms with Crippen molar-refractivity contribution in [3.05, 3.63) is 35.4 Å². The Morgan fingerprint density at radius 1 is 1.29 bits per heavy atom. The molecule has 0 saturated heterocycles. The summed E-state index contributed by atoms with van der Waals surface area (Å²) in [6, 6.07) is 8.40. The molecule has 1 atom stereocenters. The molecule has 94 valence electrons. The quantitative estimate of drug-likeness (QED) is 0.777. The van der Waals surface area contributed by atoms with Gasteiger partial charge in [0.05, 0.1) is 6.04 Å². The molecule has 0 aliphatic rings. The van der Waals surface area contributed by atoms with Gasteiger partial charge in [-0.1, -0.05) is 31.2 Å². The molecule has 0 bridgehead atoms. The van der Waals surface area contributed by atoms with Crippen LogP contribution in [0.5, 0.6) is 0 Å². The van der Waals surface area contributed by atoms with E-state index in [0.29, 0.717) is 12.5 Å². The molecule has 0 saturated carbocycles. The fourth-order valence-electron chi connectivity index (χ4n) is 2.01. The van der Waals surface area contributed by atoms with Crippen LogP contribution in [0.15, 0.2) is 24.3 Å². The number of rotatable bonds is 5. The summed E-state index contributed by atoms with van der Waals surface area (Å²) < 4.78 is 0. The monoisotopic (exact) mass is 233 g/mol.